The van der Waals surface area contributed by atoms with Crippen LogP contribution in [0.1, 0.15) is 43.0 Å². The Kier molecular flexibility index (Phi) is 6.50. The van der Waals surface area contributed by atoms with E-state index in [1.807, 2.05) is 0 Å². The van der Waals surface area contributed by atoms with E-state index in [2.05, 4.69) is 9.88 Å². The summed E-state index contributed by atoms with van der Waals surface area (Å²) in [6.07, 6.45) is -2.92. The number of pyridine rings is 1. The van der Waals surface area contributed by atoms with E-state index in [0.29, 0.717) is 54.1 Å². The lowest BCUT2D eigenvalue weighted by Crippen LogP contribution is -2.52. The summed E-state index contributed by atoms with van der Waals surface area (Å²) in [5.74, 6) is 0.537. The molecule has 0 saturated carbocycles. The maximum Gasteiger partial charge on any atom is 0.417 e. The van der Waals surface area contributed by atoms with Crippen molar-refractivity contribution in [1.29, 1.82) is 0 Å². The van der Waals surface area contributed by atoms with Gasteiger partial charge in [0, 0.05) is 63.2 Å². The standard InChI is InChI=1S/C24H32F3N3O4/c1-15-20(21(31)30-6-2-19-17(13-30)10-18(11-28-19)24(25,26)27)23(34-22(15)32)4-7-29(8-5-23)12-16-3-9-33-14-16/h10-11,16,21-22,31-32H,2-9,12-14H2,1H3. The number of likely N-dealkylation sites (tertiary alicyclic amines) is 1. The molecule has 34 heavy (non-hydrogen) atoms. The van der Waals surface area contributed by atoms with Crippen LogP contribution in [0, 0.1) is 5.92 Å². The Morgan fingerprint density at radius 3 is 2.71 bits per heavy atom. The van der Waals surface area contributed by atoms with E-state index in [4.69, 9.17) is 9.47 Å². The minimum Gasteiger partial charge on any atom is -0.381 e. The Balaban J connectivity index is 1.32. The molecule has 4 aliphatic rings. The first-order chi connectivity index (χ1) is 16.2. The average Bonchev–Trinajstić information content (AvgIpc) is 3.40. The minimum absolute atomic E-state index is 0.157. The SMILES string of the molecule is CC1=C(C(O)N2CCc3ncc(C(F)(F)F)cc3C2)C2(CCN(CC3CCOC3)CC2)OC1O. The number of aliphatic hydroxyl groups is 2. The summed E-state index contributed by atoms with van der Waals surface area (Å²) in [7, 11) is 0. The average molecular weight is 484 g/mol. The summed E-state index contributed by atoms with van der Waals surface area (Å²) < 4.78 is 51.1. The molecule has 1 aromatic rings. The van der Waals surface area contributed by atoms with Gasteiger partial charge in [-0.15, -0.1) is 0 Å². The maximum atomic E-state index is 13.2. The molecule has 5 rings (SSSR count). The second-order valence-electron chi connectivity index (χ2n) is 10.0. The van der Waals surface area contributed by atoms with E-state index in [9.17, 15) is 23.4 Å². The maximum absolute atomic E-state index is 13.2. The van der Waals surface area contributed by atoms with Crippen LogP contribution in [0.25, 0.3) is 0 Å². The van der Waals surface area contributed by atoms with Gasteiger partial charge in [-0.25, -0.2) is 0 Å². The van der Waals surface area contributed by atoms with Crippen molar-refractivity contribution < 1.29 is 32.9 Å². The fraction of sp³-hybridized carbons (Fsp3) is 0.708. The van der Waals surface area contributed by atoms with E-state index >= 15 is 0 Å². The Hall–Kier alpha value is -1.56. The zero-order chi connectivity index (χ0) is 24.1. The zero-order valence-electron chi connectivity index (χ0n) is 19.4. The van der Waals surface area contributed by atoms with Crippen LogP contribution < -0.4 is 0 Å². The lowest BCUT2D eigenvalue weighted by atomic mass is 9.81. The number of nitrogens with zero attached hydrogens (tertiary/aromatic N) is 3. The number of hydrogen-bond acceptors (Lipinski definition) is 7. The van der Waals surface area contributed by atoms with Crippen LogP contribution >= 0.6 is 0 Å². The number of aromatic nitrogens is 1. The molecule has 1 spiro atoms. The summed E-state index contributed by atoms with van der Waals surface area (Å²) in [5, 5.41) is 22.0. The number of alkyl halides is 3. The molecule has 0 radical (unpaired) electrons. The number of fused-ring (bicyclic) bond motifs is 1. The lowest BCUT2D eigenvalue weighted by Gasteiger charge is -2.44. The van der Waals surface area contributed by atoms with Crippen LogP contribution in [-0.4, -0.2) is 82.5 Å². The van der Waals surface area contributed by atoms with Gasteiger partial charge in [-0.05, 0) is 49.3 Å². The van der Waals surface area contributed by atoms with Crippen LogP contribution in [0.3, 0.4) is 0 Å². The summed E-state index contributed by atoms with van der Waals surface area (Å²) >= 11 is 0. The first-order valence-electron chi connectivity index (χ1n) is 12.0. The molecule has 0 bridgehead atoms. The predicted octanol–water partition coefficient (Wildman–Crippen LogP) is 2.31. The van der Waals surface area contributed by atoms with E-state index in [1.54, 1.807) is 11.8 Å². The molecule has 2 saturated heterocycles. The van der Waals surface area contributed by atoms with Crippen molar-refractivity contribution in [2.45, 2.75) is 63.4 Å². The van der Waals surface area contributed by atoms with Gasteiger partial charge in [-0.1, -0.05) is 0 Å². The molecule has 10 heteroatoms. The Bertz CT molecular complexity index is 940. The molecule has 4 aliphatic heterocycles. The second-order valence-corrected chi connectivity index (χ2v) is 10.0. The van der Waals surface area contributed by atoms with Gasteiger partial charge in [0.15, 0.2) is 6.29 Å². The molecule has 0 aliphatic carbocycles. The number of piperidine rings is 1. The van der Waals surface area contributed by atoms with Crippen LogP contribution in [0.4, 0.5) is 13.2 Å². The van der Waals surface area contributed by atoms with Crippen molar-refractivity contribution >= 4 is 0 Å². The molecule has 2 fully saturated rings. The summed E-state index contributed by atoms with van der Waals surface area (Å²) in [4.78, 5) is 8.16. The van der Waals surface area contributed by atoms with Crippen LogP contribution in [0.5, 0.6) is 0 Å². The molecular weight excluding hydrogens is 451 g/mol. The molecule has 0 aromatic carbocycles. The molecule has 3 atom stereocenters. The van der Waals surface area contributed by atoms with Crippen LogP contribution in [0.2, 0.25) is 0 Å². The zero-order valence-corrected chi connectivity index (χ0v) is 19.4. The van der Waals surface area contributed by atoms with Gasteiger partial charge in [0.1, 0.15) is 6.23 Å². The third kappa shape index (κ3) is 4.52. The van der Waals surface area contributed by atoms with E-state index in [0.717, 1.165) is 51.5 Å². The summed E-state index contributed by atoms with van der Waals surface area (Å²) in [6, 6.07) is 1.13. The third-order valence-electron chi connectivity index (χ3n) is 7.83. The normalized spacial score (nSPS) is 29.1. The van der Waals surface area contributed by atoms with Gasteiger partial charge in [0.25, 0.3) is 0 Å². The fourth-order valence-corrected chi connectivity index (χ4v) is 5.87. The van der Waals surface area contributed by atoms with Crippen molar-refractivity contribution in [2.75, 3.05) is 39.4 Å². The molecule has 1 aromatic heterocycles. The monoisotopic (exact) mass is 483 g/mol. The topological polar surface area (TPSA) is 78.3 Å². The van der Waals surface area contributed by atoms with Crippen LogP contribution in [-0.2, 0) is 28.6 Å². The van der Waals surface area contributed by atoms with E-state index in [-0.39, 0.29) is 6.54 Å². The molecular formula is C24H32F3N3O4. The van der Waals surface area contributed by atoms with Crippen LogP contribution in [0.15, 0.2) is 23.4 Å². The van der Waals surface area contributed by atoms with E-state index in [1.165, 1.54) is 0 Å². The predicted molar refractivity (Wildman–Crippen MR) is 116 cm³/mol. The Labute approximate surface area is 197 Å². The van der Waals surface area contributed by atoms with E-state index < -0.39 is 29.9 Å². The molecule has 7 nitrogen and oxygen atoms in total. The highest BCUT2D eigenvalue weighted by Crippen LogP contribution is 2.45. The van der Waals surface area contributed by atoms with Gasteiger partial charge >= 0.3 is 6.18 Å². The highest BCUT2D eigenvalue weighted by Gasteiger charge is 2.50. The molecule has 0 amide bonds. The largest absolute Gasteiger partial charge is 0.417 e. The second kappa shape index (κ2) is 9.15. The molecule has 188 valence electrons. The fourth-order valence-electron chi connectivity index (χ4n) is 5.87. The number of hydrogen-bond donors (Lipinski definition) is 2. The minimum atomic E-state index is -4.46. The number of aliphatic hydroxyl groups excluding tert-OH is 2. The molecule has 2 N–H and O–H groups in total. The van der Waals surface area contributed by atoms with Gasteiger partial charge in [0.2, 0.25) is 0 Å². The Morgan fingerprint density at radius 2 is 2.03 bits per heavy atom. The molecule has 3 unspecified atom stereocenters. The molecule has 5 heterocycles. The van der Waals surface area contributed by atoms with Crippen molar-refractivity contribution in [1.82, 2.24) is 14.8 Å². The van der Waals surface area contributed by atoms with Gasteiger partial charge in [-0.3, -0.25) is 9.88 Å². The van der Waals surface area contributed by atoms with Crippen molar-refractivity contribution in [3.05, 3.63) is 40.2 Å². The summed E-state index contributed by atoms with van der Waals surface area (Å²) in [6.45, 7) is 6.53. The van der Waals surface area contributed by atoms with Gasteiger partial charge < -0.3 is 24.6 Å². The first kappa shape index (κ1) is 24.1. The number of halogens is 3. The van der Waals surface area contributed by atoms with Gasteiger partial charge in [0.05, 0.1) is 17.8 Å². The van der Waals surface area contributed by atoms with Gasteiger partial charge in [-0.2, -0.15) is 13.2 Å². The quantitative estimate of drug-likeness (QED) is 0.637. The highest BCUT2D eigenvalue weighted by atomic mass is 19.4. The first-order valence-corrected chi connectivity index (χ1v) is 12.0. The highest BCUT2D eigenvalue weighted by molar-refractivity contribution is 5.35. The lowest BCUT2D eigenvalue weighted by molar-refractivity contribution is -0.154. The number of ether oxygens (including phenoxy) is 2. The smallest absolute Gasteiger partial charge is 0.381 e. The van der Waals surface area contributed by atoms with Crippen molar-refractivity contribution in [3.8, 4) is 0 Å². The summed E-state index contributed by atoms with van der Waals surface area (Å²) in [5.41, 5.74) is 0.807. The Morgan fingerprint density at radius 1 is 1.26 bits per heavy atom. The number of rotatable bonds is 4. The van der Waals surface area contributed by atoms with Crippen molar-refractivity contribution in [3.63, 3.8) is 0 Å². The van der Waals surface area contributed by atoms with Crippen molar-refractivity contribution in [2.24, 2.45) is 5.92 Å². The third-order valence-corrected chi connectivity index (χ3v) is 7.83.